The number of hydrogen-bond donors (Lipinski definition) is 1. The first-order valence-corrected chi connectivity index (χ1v) is 8.42. The third kappa shape index (κ3) is 5.41. The SMILES string of the molecule is CCCCc1ccc(NC(=O)/C(C#N)=C/c2ccc([O-])c([N+](=O)[O-])c2)cc1. The third-order valence-electron chi connectivity index (χ3n) is 3.89. The number of nitro groups is 1. The molecule has 2 rings (SSSR count). The molecule has 0 bridgehead atoms. The molecule has 138 valence electrons. The summed E-state index contributed by atoms with van der Waals surface area (Å²) in [5, 5.41) is 34.1. The molecular formula is C20H18N3O4-. The van der Waals surface area contributed by atoms with Gasteiger partial charge in [0.25, 0.3) is 11.6 Å². The summed E-state index contributed by atoms with van der Waals surface area (Å²) in [5.41, 5.74) is 1.10. The standard InChI is InChI=1S/C20H19N3O4/c1-2-3-4-14-5-8-17(9-6-14)22-20(25)16(13-21)11-15-7-10-19(24)18(12-15)23(26)27/h5-12,24H,2-4H2,1H3,(H,22,25)/p-1/b16-11+. The molecule has 7 nitrogen and oxygen atoms in total. The lowest BCUT2D eigenvalue weighted by Gasteiger charge is -2.08. The average molecular weight is 364 g/mol. The first-order chi connectivity index (χ1) is 12.9. The van der Waals surface area contributed by atoms with Crippen molar-refractivity contribution in [3.8, 4) is 11.8 Å². The maximum atomic E-state index is 12.3. The van der Waals surface area contributed by atoms with E-state index < -0.39 is 22.3 Å². The molecule has 0 spiro atoms. The molecule has 7 heteroatoms. The van der Waals surface area contributed by atoms with Crippen LogP contribution < -0.4 is 10.4 Å². The lowest BCUT2D eigenvalue weighted by atomic mass is 10.1. The van der Waals surface area contributed by atoms with Crippen LogP contribution in [0.4, 0.5) is 11.4 Å². The van der Waals surface area contributed by atoms with Gasteiger partial charge in [-0.2, -0.15) is 5.26 Å². The van der Waals surface area contributed by atoms with Crippen molar-refractivity contribution < 1.29 is 14.8 Å². The Kier molecular flexibility index (Phi) is 6.67. The van der Waals surface area contributed by atoms with Gasteiger partial charge in [-0.05, 0) is 47.9 Å². The molecule has 27 heavy (non-hydrogen) atoms. The Balaban J connectivity index is 2.16. The van der Waals surface area contributed by atoms with Gasteiger partial charge in [-0.3, -0.25) is 14.9 Å². The number of carbonyl (C=O) groups is 1. The number of nitriles is 1. The van der Waals surface area contributed by atoms with Crippen molar-refractivity contribution in [3.05, 3.63) is 69.3 Å². The normalized spacial score (nSPS) is 10.9. The van der Waals surface area contributed by atoms with Crippen molar-refractivity contribution in [1.82, 2.24) is 0 Å². The van der Waals surface area contributed by atoms with Crippen LogP contribution in [-0.2, 0) is 11.2 Å². The Morgan fingerprint density at radius 2 is 1.96 bits per heavy atom. The molecule has 1 N–H and O–H groups in total. The van der Waals surface area contributed by atoms with Gasteiger partial charge < -0.3 is 10.4 Å². The number of unbranched alkanes of at least 4 members (excludes halogenated alkanes) is 1. The summed E-state index contributed by atoms with van der Waals surface area (Å²) in [5.74, 6) is -1.36. The third-order valence-corrected chi connectivity index (χ3v) is 3.89. The molecule has 0 unspecified atom stereocenters. The van der Waals surface area contributed by atoms with Crippen LogP contribution in [0.1, 0.15) is 30.9 Å². The Labute approximate surface area is 156 Å². The van der Waals surface area contributed by atoms with Gasteiger partial charge >= 0.3 is 0 Å². The van der Waals surface area contributed by atoms with E-state index in [0.29, 0.717) is 5.69 Å². The zero-order valence-electron chi connectivity index (χ0n) is 14.8. The number of hydrogen-bond acceptors (Lipinski definition) is 5. The Hall–Kier alpha value is -3.66. The molecular weight excluding hydrogens is 346 g/mol. The number of nitro benzene ring substituents is 1. The molecule has 0 radical (unpaired) electrons. The highest BCUT2D eigenvalue weighted by Crippen LogP contribution is 2.25. The van der Waals surface area contributed by atoms with E-state index in [-0.39, 0.29) is 11.1 Å². The van der Waals surface area contributed by atoms with Crippen molar-refractivity contribution in [2.75, 3.05) is 5.32 Å². The smallest absolute Gasteiger partial charge is 0.266 e. The highest BCUT2D eigenvalue weighted by molar-refractivity contribution is 6.09. The fourth-order valence-electron chi connectivity index (χ4n) is 2.42. The van der Waals surface area contributed by atoms with E-state index >= 15 is 0 Å². The van der Waals surface area contributed by atoms with E-state index in [1.165, 1.54) is 12.1 Å². The Morgan fingerprint density at radius 3 is 2.56 bits per heavy atom. The maximum Gasteiger partial charge on any atom is 0.266 e. The first kappa shape index (κ1) is 19.7. The highest BCUT2D eigenvalue weighted by atomic mass is 16.6. The first-order valence-electron chi connectivity index (χ1n) is 8.42. The van der Waals surface area contributed by atoms with Crippen LogP contribution in [-0.4, -0.2) is 10.8 Å². The maximum absolute atomic E-state index is 12.3. The van der Waals surface area contributed by atoms with Crippen LogP contribution in [0.2, 0.25) is 0 Å². The minimum Gasteiger partial charge on any atom is -0.868 e. The van der Waals surface area contributed by atoms with Gasteiger partial charge in [0, 0.05) is 11.8 Å². The summed E-state index contributed by atoms with van der Waals surface area (Å²) in [6.45, 7) is 2.11. The van der Waals surface area contributed by atoms with Gasteiger partial charge in [0.15, 0.2) is 0 Å². The predicted octanol–water partition coefficient (Wildman–Crippen LogP) is 3.56. The molecule has 0 aromatic heterocycles. The molecule has 0 aliphatic heterocycles. The predicted molar refractivity (Wildman–Crippen MR) is 99.8 cm³/mol. The number of aryl methyl sites for hydroxylation is 1. The van der Waals surface area contributed by atoms with E-state index in [2.05, 4.69) is 12.2 Å². The van der Waals surface area contributed by atoms with Crippen molar-refractivity contribution >= 4 is 23.4 Å². The molecule has 0 saturated carbocycles. The van der Waals surface area contributed by atoms with E-state index in [1.54, 1.807) is 18.2 Å². The van der Waals surface area contributed by atoms with Gasteiger partial charge in [0.05, 0.1) is 4.92 Å². The molecule has 0 fully saturated rings. The van der Waals surface area contributed by atoms with Gasteiger partial charge in [-0.15, -0.1) is 0 Å². The Morgan fingerprint density at radius 1 is 1.26 bits per heavy atom. The number of rotatable bonds is 7. The number of benzene rings is 2. The summed E-state index contributed by atoms with van der Waals surface area (Å²) < 4.78 is 0. The zero-order valence-corrected chi connectivity index (χ0v) is 14.8. The summed E-state index contributed by atoms with van der Waals surface area (Å²) in [6, 6.07) is 12.5. The van der Waals surface area contributed by atoms with Gasteiger partial charge in [-0.25, -0.2) is 0 Å². The topological polar surface area (TPSA) is 119 Å². The molecule has 0 aliphatic rings. The van der Waals surface area contributed by atoms with E-state index in [1.807, 2.05) is 12.1 Å². The number of anilines is 1. The second-order valence-corrected chi connectivity index (χ2v) is 5.91. The minimum atomic E-state index is -0.800. The highest BCUT2D eigenvalue weighted by Gasteiger charge is 2.12. The van der Waals surface area contributed by atoms with Crippen LogP contribution in [0.5, 0.6) is 5.75 Å². The number of carbonyl (C=O) groups excluding carboxylic acids is 1. The summed E-state index contributed by atoms with van der Waals surface area (Å²) >= 11 is 0. The molecule has 0 heterocycles. The number of nitrogens with zero attached hydrogens (tertiary/aromatic N) is 2. The lowest BCUT2D eigenvalue weighted by Crippen LogP contribution is -2.13. The fraction of sp³-hybridized carbons (Fsp3) is 0.200. The van der Waals surface area contributed by atoms with Crippen molar-refractivity contribution in [1.29, 1.82) is 5.26 Å². The lowest BCUT2D eigenvalue weighted by molar-refractivity contribution is -0.398. The van der Waals surface area contributed by atoms with Crippen molar-refractivity contribution in [2.45, 2.75) is 26.2 Å². The van der Waals surface area contributed by atoms with Crippen LogP contribution >= 0.6 is 0 Å². The molecule has 0 saturated heterocycles. The van der Waals surface area contributed by atoms with Gasteiger partial charge in [0.2, 0.25) is 0 Å². The fourth-order valence-corrected chi connectivity index (χ4v) is 2.42. The molecule has 2 aromatic rings. The quantitative estimate of drug-likeness (QED) is 0.349. The van der Waals surface area contributed by atoms with Gasteiger partial charge in [-0.1, -0.05) is 37.6 Å². The summed E-state index contributed by atoms with van der Waals surface area (Å²) in [6.07, 6.45) is 4.35. The molecule has 2 aromatic carbocycles. The monoisotopic (exact) mass is 364 g/mol. The molecule has 0 atom stereocenters. The van der Waals surface area contributed by atoms with Crippen LogP contribution in [0.3, 0.4) is 0 Å². The minimum absolute atomic E-state index is 0.224. The second kappa shape index (κ2) is 9.15. The van der Waals surface area contributed by atoms with E-state index in [9.17, 15) is 25.3 Å². The number of amides is 1. The van der Waals surface area contributed by atoms with E-state index in [0.717, 1.165) is 37.0 Å². The molecule has 0 aliphatic carbocycles. The average Bonchev–Trinajstić information content (AvgIpc) is 2.66. The summed E-state index contributed by atoms with van der Waals surface area (Å²) in [4.78, 5) is 22.3. The Bertz CT molecular complexity index is 912. The van der Waals surface area contributed by atoms with E-state index in [4.69, 9.17) is 0 Å². The van der Waals surface area contributed by atoms with Crippen LogP contribution in [0.15, 0.2) is 48.0 Å². The van der Waals surface area contributed by atoms with Crippen molar-refractivity contribution in [3.63, 3.8) is 0 Å². The summed E-state index contributed by atoms with van der Waals surface area (Å²) in [7, 11) is 0. The van der Waals surface area contributed by atoms with Gasteiger partial charge in [0.1, 0.15) is 11.6 Å². The van der Waals surface area contributed by atoms with Crippen molar-refractivity contribution in [2.24, 2.45) is 0 Å². The second-order valence-electron chi connectivity index (χ2n) is 5.91. The van der Waals surface area contributed by atoms with Crippen LogP contribution in [0, 0.1) is 21.4 Å². The molecule has 1 amide bonds. The largest absolute Gasteiger partial charge is 0.868 e. The zero-order chi connectivity index (χ0) is 19.8. The van der Waals surface area contributed by atoms with Crippen LogP contribution in [0.25, 0.3) is 6.08 Å². The number of nitrogens with one attached hydrogen (secondary N) is 1.